The molecule has 2 heterocycles. The van der Waals surface area contributed by atoms with Crippen LogP contribution >= 0.6 is 0 Å². The summed E-state index contributed by atoms with van der Waals surface area (Å²) in [5.41, 5.74) is 0.548. The predicted molar refractivity (Wildman–Crippen MR) is 72.3 cm³/mol. The van der Waals surface area contributed by atoms with Gasteiger partial charge in [-0.05, 0) is 25.5 Å². The lowest BCUT2D eigenvalue weighted by Crippen LogP contribution is -2.38. The van der Waals surface area contributed by atoms with Crippen LogP contribution in [0.25, 0.3) is 0 Å². The van der Waals surface area contributed by atoms with E-state index in [2.05, 4.69) is 4.98 Å². The zero-order chi connectivity index (χ0) is 13.9. The van der Waals surface area contributed by atoms with Gasteiger partial charge in [0.15, 0.2) is 0 Å². The molecular weight excluding hydrogens is 266 g/mol. The summed E-state index contributed by atoms with van der Waals surface area (Å²) in [5, 5.41) is 0. The Morgan fingerprint density at radius 1 is 1.32 bits per heavy atom. The van der Waals surface area contributed by atoms with Crippen LogP contribution in [-0.2, 0) is 10.0 Å². The number of nitrogens with one attached hydrogen (secondary N) is 1. The number of aromatic nitrogens is 1. The van der Waals surface area contributed by atoms with Gasteiger partial charge in [0.05, 0.1) is 5.75 Å². The molecule has 0 unspecified atom stereocenters. The summed E-state index contributed by atoms with van der Waals surface area (Å²) in [7, 11) is -3.16. The fraction of sp³-hybridized carbons (Fsp3) is 0.583. The van der Waals surface area contributed by atoms with Crippen LogP contribution < -0.4 is 0 Å². The number of hydrogen-bond donors (Lipinski definition) is 1. The zero-order valence-corrected chi connectivity index (χ0v) is 11.8. The summed E-state index contributed by atoms with van der Waals surface area (Å²) >= 11 is 0. The molecule has 1 aromatic heterocycles. The van der Waals surface area contributed by atoms with Crippen molar-refractivity contribution >= 4 is 15.9 Å². The fourth-order valence-electron chi connectivity index (χ4n) is 2.19. The van der Waals surface area contributed by atoms with E-state index in [1.165, 1.54) is 4.31 Å². The first-order chi connectivity index (χ1) is 9.04. The Bertz CT molecular complexity index is 524. The molecule has 1 aliphatic heterocycles. The number of aromatic amines is 1. The average molecular weight is 285 g/mol. The number of carbonyl (C=O) groups excluding carboxylic acids is 1. The number of amides is 1. The molecule has 0 aromatic carbocycles. The first-order valence-electron chi connectivity index (χ1n) is 6.45. The Hall–Kier alpha value is -1.34. The van der Waals surface area contributed by atoms with Crippen LogP contribution in [-0.4, -0.2) is 60.4 Å². The molecule has 0 radical (unpaired) electrons. The van der Waals surface area contributed by atoms with E-state index in [1.807, 2.05) is 0 Å². The number of hydrogen-bond acceptors (Lipinski definition) is 3. The summed E-state index contributed by atoms with van der Waals surface area (Å²) in [5.74, 6) is 0.0400. The first kappa shape index (κ1) is 14.1. The van der Waals surface area contributed by atoms with Crippen LogP contribution in [0.2, 0.25) is 0 Å². The summed E-state index contributed by atoms with van der Waals surface area (Å²) in [6.07, 6.45) is 2.38. The third-order valence-corrected chi connectivity index (χ3v) is 5.21. The molecule has 1 aromatic rings. The van der Waals surface area contributed by atoms with E-state index in [1.54, 1.807) is 30.2 Å². The van der Waals surface area contributed by atoms with Gasteiger partial charge in [0, 0.05) is 32.4 Å². The van der Waals surface area contributed by atoms with Gasteiger partial charge in [0.1, 0.15) is 5.69 Å². The van der Waals surface area contributed by atoms with Crippen molar-refractivity contribution < 1.29 is 13.2 Å². The van der Waals surface area contributed by atoms with E-state index in [0.29, 0.717) is 38.3 Å². The summed E-state index contributed by atoms with van der Waals surface area (Å²) in [6, 6.07) is 3.51. The van der Waals surface area contributed by atoms with Gasteiger partial charge in [-0.3, -0.25) is 4.79 Å². The normalized spacial score (nSPS) is 18.3. The summed E-state index contributed by atoms with van der Waals surface area (Å²) in [4.78, 5) is 16.8. The maximum absolute atomic E-state index is 12.2. The highest BCUT2D eigenvalue weighted by Gasteiger charge is 2.26. The lowest BCUT2D eigenvalue weighted by Gasteiger charge is -2.21. The number of nitrogens with zero attached hydrogens (tertiary/aromatic N) is 2. The Morgan fingerprint density at radius 3 is 2.74 bits per heavy atom. The molecule has 1 saturated heterocycles. The largest absolute Gasteiger partial charge is 0.357 e. The van der Waals surface area contributed by atoms with Gasteiger partial charge in [-0.2, -0.15) is 0 Å². The predicted octanol–water partition coefficient (Wildman–Crippen LogP) is 0.512. The van der Waals surface area contributed by atoms with E-state index in [-0.39, 0.29) is 11.7 Å². The molecule has 1 aliphatic rings. The van der Waals surface area contributed by atoms with Crippen molar-refractivity contribution in [3.63, 3.8) is 0 Å². The molecule has 1 amide bonds. The molecule has 19 heavy (non-hydrogen) atoms. The second kappa shape index (κ2) is 5.75. The molecule has 0 atom stereocenters. The maximum Gasteiger partial charge on any atom is 0.270 e. The first-order valence-corrected chi connectivity index (χ1v) is 8.06. The second-order valence-corrected chi connectivity index (χ2v) is 6.79. The Morgan fingerprint density at radius 2 is 2.11 bits per heavy atom. The second-order valence-electron chi connectivity index (χ2n) is 4.53. The van der Waals surface area contributed by atoms with Crippen molar-refractivity contribution in [2.75, 3.05) is 31.9 Å². The van der Waals surface area contributed by atoms with Crippen LogP contribution in [0.4, 0.5) is 0 Å². The molecule has 2 rings (SSSR count). The molecule has 106 valence electrons. The van der Waals surface area contributed by atoms with E-state index >= 15 is 0 Å². The van der Waals surface area contributed by atoms with Crippen LogP contribution in [0.15, 0.2) is 18.3 Å². The van der Waals surface area contributed by atoms with Crippen molar-refractivity contribution in [2.45, 2.75) is 13.3 Å². The molecule has 0 saturated carbocycles. The highest BCUT2D eigenvalue weighted by molar-refractivity contribution is 7.89. The van der Waals surface area contributed by atoms with Crippen LogP contribution in [0.1, 0.15) is 23.8 Å². The molecule has 1 fully saturated rings. The molecule has 1 N–H and O–H groups in total. The van der Waals surface area contributed by atoms with Crippen LogP contribution in [0, 0.1) is 0 Å². The van der Waals surface area contributed by atoms with Gasteiger partial charge in [0.2, 0.25) is 10.0 Å². The summed E-state index contributed by atoms with van der Waals surface area (Å²) in [6.45, 7) is 3.54. The maximum atomic E-state index is 12.2. The summed E-state index contributed by atoms with van der Waals surface area (Å²) < 4.78 is 25.1. The Balaban J connectivity index is 2.03. The van der Waals surface area contributed by atoms with Crippen LogP contribution in [0.5, 0.6) is 0 Å². The molecule has 6 nitrogen and oxygen atoms in total. The van der Waals surface area contributed by atoms with E-state index in [9.17, 15) is 13.2 Å². The van der Waals surface area contributed by atoms with Crippen LogP contribution in [0.3, 0.4) is 0 Å². The Kier molecular flexibility index (Phi) is 4.26. The van der Waals surface area contributed by atoms with E-state index in [4.69, 9.17) is 0 Å². The minimum absolute atomic E-state index is 0.0688. The number of rotatable bonds is 3. The Labute approximate surface area is 113 Å². The third-order valence-electron chi connectivity index (χ3n) is 3.33. The van der Waals surface area contributed by atoms with Gasteiger partial charge < -0.3 is 9.88 Å². The topological polar surface area (TPSA) is 73.5 Å². The lowest BCUT2D eigenvalue weighted by molar-refractivity contribution is 0.0759. The quantitative estimate of drug-likeness (QED) is 0.879. The molecule has 7 heteroatoms. The van der Waals surface area contributed by atoms with Gasteiger partial charge in [-0.15, -0.1) is 0 Å². The van der Waals surface area contributed by atoms with Crippen molar-refractivity contribution in [3.05, 3.63) is 24.0 Å². The van der Waals surface area contributed by atoms with Crippen molar-refractivity contribution in [2.24, 2.45) is 0 Å². The standard InChI is InChI=1S/C12H19N3O3S/c1-2-19(17,18)15-8-4-7-14(9-10-15)12(16)11-5-3-6-13-11/h3,5-6,13H,2,4,7-10H2,1H3. The third kappa shape index (κ3) is 3.16. The zero-order valence-electron chi connectivity index (χ0n) is 11.0. The van der Waals surface area contributed by atoms with Crippen molar-refractivity contribution in [1.29, 1.82) is 0 Å². The fourth-order valence-corrected chi connectivity index (χ4v) is 3.32. The van der Waals surface area contributed by atoms with Gasteiger partial charge in [-0.1, -0.05) is 0 Å². The highest BCUT2D eigenvalue weighted by atomic mass is 32.2. The van der Waals surface area contributed by atoms with Gasteiger partial charge in [0.25, 0.3) is 5.91 Å². The minimum atomic E-state index is -3.16. The number of carbonyl (C=O) groups is 1. The minimum Gasteiger partial charge on any atom is -0.357 e. The molecule has 0 spiro atoms. The monoisotopic (exact) mass is 285 g/mol. The molecule has 0 aliphatic carbocycles. The van der Waals surface area contributed by atoms with E-state index < -0.39 is 10.0 Å². The lowest BCUT2D eigenvalue weighted by atomic mass is 10.3. The number of H-pyrrole nitrogens is 1. The SMILES string of the molecule is CCS(=O)(=O)N1CCCN(C(=O)c2ccc[nH]2)CC1. The number of sulfonamides is 1. The van der Waals surface area contributed by atoms with Gasteiger partial charge in [-0.25, -0.2) is 12.7 Å². The molecule has 0 bridgehead atoms. The smallest absolute Gasteiger partial charge is 0.270 e. The van der Waals surface area contributed by atoms with Crippen molar-refractivity contribution in [3.8, 4) is 0 Å². The van der Waals surface area contributed by atoms with Gasteiger partial charge >= 0.3 is 0 Å². The highest BCUT2D eigenvalue weighted by Crippen LogP contribution is 2.11. The van der Waals surface area contributed by atoms with Crippen molar-refractivity contribution in [1.82, 2.24) is 14.2 Å². The van der Waals surface area contributed by atoms with E-state index in [0.717, 1.165) is 0 Å². The average Bonchev–Trinajstić information content (AvgIpc) is 2.81. The molecular formula is C12H19N3O3S.